The normalized spacial score (nSPS) is 13.0. The first-order chi connectivity index (χ1) is 12.0. The highest BCUT2D eigenvalue weighted by atomic mass is 32.2. The smallest absolute Gasteiger partial charge is 0.199 e. The van der Waals surface area contributed by atoms with Gasteiger partial charge in [-0.05, 0) is 59.4 Å². The molecule has 3 nitrogen and oxygen atoms in total. The lowest BCUT2D eigenvalue weighted by Crippen LogP contribution is -1.98. The van der Waals surface area contributed by atoms with Crippen molar-refractivity contribution in [3.63, 3.8) is 0 Å². The van der Waals surface area contributed by atoms with Gasteiger partial charge in [0.25, 0.3) is 10.0 Å². The summed E-state index contributed by atoms with van der Waals surface area (Å²) in [5.41, 5.74) is 6.79. The minimum Gasteiger partial charge on any atom is -0.199 e. The zero-order chi connectivity index (χ0) is 17.4. The molecule has 4 heteroatoms. The summed E-state index contributed by atoms with van der Waals surface area (Å²) in [7, 11) is -3.67. The summed E-state index contributed by atoms with van der Waals surface area (Å²) in [5, 5.41) is 0. The Morgan fingerprint density at radius 3 is 2.40 bits per heavy atom. The van der Waals surface area contributed by atoms with Crippen molar-refractivity contribution in [1.82, 2.24) is 0 Å². The largest absolute Gasteiger partial charge is 0.282 e. The first-order valence-corrected chi connectivity index (χ1v) is 9.55. The summed E-state index contributed by atoms with van der Waals surface area (Å²) in [6, 6.07) is 21.0. The molecule has 1 aliphatic carbocycles. The van der Waals surface area contributed by atoms with E-state index in [9.17, 15) is 8.42 Å². The minimum atomic E-state index is -3.67. The molecule has 0 radical (unpaired) electrons. The number of nitrogens with zero attached hydrogens (tertiary/aromatic N) is 1. The highest BCUT2D eigenvalue weighted by Crippen LogP contribution is 2.36. The van der Waals surface area contributed by atoms with Crippen molar-refractivity contribution in [2.75, 3.05) is 0 Å². The van der Waals surface area contributed by atoms with Crippen molar-refractivity contribution in [1.29, 1.82) is 0 Å². The summed E-state index contributed by atoms with van der Waals surface area (Å²) in [5.74, 6) is 0. The van der Waals surface area contributed by atoms with E-state index in [2.05, 4.69) is 16.5 Å². The number of sulfonamides is 1. The van der Waals surface area contributed by atoms with Gasteiger partial charge in [-0.1, -0.05) is 54.1 Å². The topological polar surface area (TPSA) is 46.5 Å². The lowest BCUT2D eigenvalue weighted by atomic mass is 10.0. The zero-order valence-electron chi connectivity index (χ0n) is 13.8. The van der Waals surface area contributed by atoms with E-state index in [1.807, 2.05) is 37.3 Å². The predicted molar refractivity (Wildman–Crippen MR) is 101 cm³/mol. The Morgan fingerprint density at radius 1 is 0.880 bits per heavy atom. The van der Waals surface area contributed by atoms with Crippen molar-refractivity contribution < 1.29 is 8.42 Å². The Hall–Kier alpha value is -2.72. The van der Waals surface area contributed by atoms with E-state index in [0.29, 0.717) is 0 Å². The molecule has 0 heterocycles. The second-order valence-corrected chi connectivity index (χ2v) is 7.91. The molecule has 0 aliphatic heterocycles. The SMILES string of the molecule is Cc1ccc(S(=O)(=O)/N=C/c2ccc3c(c2)Cc2ccccc2-3)cc1. The van der Waals surface area contributed by atoms with Gasteiger partial charge >= 0.3 is 0 Å². The third-order valence-electron chi connectivity index (χ3n) is 4.48. The fourth-order valence-electron chi connectivity index (χ4n) is 3.15. The van der Waals surface area contributed by atoms with Crippen molar-refractivity contribution in [3.8, 4) is 11.1 Å². The molecule has 1 aliphatic rings. The number of hydrogen-bond acceptors (Lipinski definition) is 2. The van der Waals surface area contributed by atoms with Gasteiger partial charge < -0.3 is 0 Å². The van der Waals surface area contributed by atoms with Crippen molar-refractivity contribution in [2.24, 2.45) is 4.40 Å². The zero-order valence-corrected chi connectivity index (χ0v) is 14.6. The molecule has 0 saturated carbocycles. The third kappa shape index (κ3) is 3.01. The Kier molecular flexibility index (Phi) is 3.77. The first-order valence-electron chi connectivity index (χ1n) is 8.11. The van der Waals surface area contributed by atoms with Crippen LogP contribution >= 0.6 is 0 Å². The third-order valence-corrected chi connectivity index (χ3v) is 5.73. The molecule has 0 atom stereocenters. The van der Waals surface area contributed by atoms with Gasteiger partial charge in [0, 0.05) is 6.21 Å². The van der Waals surface area contributed by atoms with Crippen LogP contribution in [-0.4, -0.2) is 14.6 Å². The lowest BCUT2D eigenvalue weighted by molar-refractivity contribution is 0.598. The predicted octanol–water partition coefficient (Wildman–Crippen LogP) is 4.37. The van der Waals surface area contributed by atoms with E-state index in [0.717, 1.165) is 17.5 Å². The summed E-state index contributed by atoms with van der Waals surface area (Å²) < 4.78 is 28.5. The second kappa shape index (κ2) is 5.97. The van der Waals surface area contributed by atoms with Crippen LogP contribution in [0.15, 0.2) is 76.0 Å². The van der Waals surface area contributed by atoms with Gasteiger partial charge in [-0.2, -0.15) is 12.8 Å². The van der Waals surface area contributed by atoms with Crippen LogP contribution in [0.25, 0.3) is 11.1 Å². The van der Waals surface area contributed by atoms with Crippen LogP contribution in [0.3, 0.4) is 0 Å². The summed E-state index contributed by atoms with van der Waals surface area (Å²) >= 11 is 0. The standard InChI is InChI=1S/C21H17NO2S/c1-15-6-9-19(10-7-15)25(23,24)22-14-16-8-11-21-18(12-16)13-17-4-2-3-5-20(17)21/h2-12,14H,13H2,1H3/b22-14+. The Balaban J connectivity index is 1.63. The van der Waals surface area contributed by atoms with Crippen LogP contribution in [0, 0.1) is 6.92 Å². The van der Waals surface area contributed by atoms with Crippen LogP contribution in [0.2, 0.25) is 0 Å². The molecule has 3 aromatic carbocycles. The lowest BCUT2D eigenvalue weighted by Gasteiger charge is -2.02. The fraction of sp³-hybridized carbons (Fsp3) is 0.0952. The number of aryl methyl sites for hydroxylation is 1. The van der Waals surface area contributed by atoms with E-state index in [1.165, 1.54) is 28.5 Å². The van der Waals surface area contributed by atoms with Crippen molar-refractivity contribution in [2.45, 2.75) is 18.2 Å². The molecule has 0 amide bonds. The number of hydrogen-bond donors (Lipinski definition) is 0. The van der Waals surface area contributed by atoms with Gasteiger partial charge in [0.2, 0.25) is 0 Å². The van der Waals surface area contributed by atoms with Gasteiger partial charge in [0.05, 0.1) is 4.90 Å². The summed E-state index contributed by atoms with van der Waals surface area (Å²) in [6.07, 6.45) is 2.30. The van der Waals surface area contributed by atoms with Crippen LogP contribution in [-0.2, 0) is 16.4 Å². The van der Waals surface area contributed by atoms with Gasteiger partial charge in [0.15, 0.2) is 0 Å². The molecule has 3 aromatic rings. The van der Waals surface area contributed by atoms with E-state index >= 15 is 0 Å². The van der Waals surface area contributed by atoms with Gasteiger partial charge in [-0.3, -0.25) is 0 Å². The van der Waals surface area contributed by atoms with Crippen LogP contribution in [0.1, 0.15) is 22.3 Å². The minimum absolute atomic E-state index is 0.211. The van der Waals surface area contributed by atoms with E-state index < -0.39 is 10.0 Å². The molecule has 4 rings (SSSR count). The molecule has 0 saturated heterocycles. The molecular weight excluding hydrogens is 330 g/mol. The Morgan fingerprint density at radius 2 is 1.60 bits per heavy atom. The summed E-state index contributed by atoms with van der Waals surface area (Å²) in [6.45, 7) is 1.92. The quantitative estimate of drug-likeness (QED) is 0.517. The molecular formula is C21H17NO2S. The summed E-state index contributed by atoms with van der Waals surface area (Å²) in [4.78, 5) is 0.211. The molecule has 25 heavy (non-hydrogen) atoms. The molecule has 0 N–H and O–H groups in total. The second-order valence-electron chi connectivity index (χ2n) is 6.27. The number of fused-ring (bicyclic) bond motifs is 3. The van der Waals surface area contributed by atoms with E-state index in [-0.39, 0.29) is 4.90 Å². The van der Waals surface area contributed by atoms with Crippen molar-refractivity contribution in [3.05, 3.63) is 89.0 Å². The molecule has 0 bridgehead atoms. The van der Waals surface area contributed by atoms with Gasteiger partial charge in [-0.15, -0.1) is 0 Å². The van der Waals surface area contributed by atoms with Crippen LogP contribution in [0.5, 0.6) is 0 Å². The maximum absolute atomic E-state index is 12.3. The van der Waals surface area contributed by atoms with Gasteiger partial charge in [-0.25, -0.2) is 0 Å². The molecule has 124 valence electrons. The molecule has 0 fully saturated rings. The van der Waals surface area contributed by atoms with Crippen molar-refractivity contribution >= 4 is 16.2 Å². The molecule has 0 spiro atoms. The van der Waals surface area contributed by atoms with Crippen LogP contribution < -0.4 is 0 Å². The maximum Gasteiger partial charge on any atom is 0.282 e. The number of rotatable bonds is 3. The van der Waals surface area contributed by atoms with Crippen LogP contribution in [0.4, 0.5) is 0 Å². The molecule has 0 unspecified atom stereocenters. The average molecular weight is 347 g/mol. The Labute approximate surface area is 147 Å². The first kappa shape index (κ1) is 15.8. The average Bonchev–Trinajstić information content (AvgIpc) is 2.98. The Bertz CT molecular complexity index is 1080. The maximum atomic E-state index is 12.3. The highest BCUT2D eigenvalue weighted by molar-refractivity contribution is 7.90. The number of benzene rings is 3. The monoisotopic (exact) mass is 347 g/mol. The highest BCUT2D eigenvalue weighted by Gasteiger charge is 2.17. The van der Waals surface area contributed by atoms with E-state index in [1.54, 1.807) is 24.3 Å². The van der Waals surface area contributed by atoms with Gasteiger partial charge in [0.1, 0.15) is 0 Å². The fourth-order valence-corrected chi connectivity index (χ4v) is 4.01. The van der Waals surface area contributed by atoms with E-state index in [4.69, 9.17) is 0 Å². The molecule has 0 aromatic heterocycles.